The van der Waals surface area contributed by atoms with E-state index in [2.05, 4.69) is 4.74 Å². The third-order valence-corrected chi connectivity index (χ3v) is 2.01. The zero-order chi connectivity index (χ0) is 12.0. The van der Waals surface area contributed by atoms with Gasteiger partial charge in [0.15, 0.2) is 0 Å². The van der Waals surface area contributed by atoms with Crippen LogP contribution in [0.1, 0.15) is 20.3 Å². The Bertz CT molecular complexity index is 229. The van der Waals surface area contributed by atoms with Crippen LogP contribution >= 0.6 is 0 Å². The van der Waals surface area contributed by atoms with Crippen molar-refractivity contribution in [1.82, 2.24) is 4.90 Å². The minimum absolute atomic E-state index is 0.0544. The summed E-state index contributed by atoms with van der Waals surface area (Å²) >= 11 is 0. The highest BCUT2D eigenvalue weighted by Crippen LogP contribution is 2.04. The number of nitrogens with zero attached hydrogens (tertiary/aromatic N) is 1. The number of carbonyl (C=O) groups excluding carboxylic acids is 2. The van der Waals surface area contributed by atoms with Gasteiger partial charge in [-0.15, -0.1) is 0 Å². The van der Waals surface area contributed by atoms with Crippen LogP contribution in [0.5, 0.6) is 0 Å². The third kappa shape index (κ3) is 5.37. The first-order chi connectivity index (χ1) is 6.88. The van der Waals surface area contributed by atoms with Gasteiger partial charge in [-0.3, -0.25) is 9.59 Å². The maximum atomic E-state index is 11.6. The summed E-state index contributed by atoms with van der Waals surface area (Å²) in [5, 5.41) is 0. The lowest BCUT2D eigenvalue weighted by Crippen LogP contribution is -2.44. The summed E-state index contributed by atoms with van der Waals surface area (Å²) in [6.07, 6.45) is 0.615. The van der Waals surface area contributed by atoms with Gasteiger partial charge in [-0.05, 0) is 12.3 Å². The van der Waals surface area contributed by atoms with Gasteiger partial charge >= 0.3 is 5.97 Å². The second kappa shape index (κ2) is 6.40. The molecule has 0 heterocycles. The number of likely N-dealkylation sites (N-methyl/N-ethyl adjacent to an activating group) is 1. The van der Waals surface area contributed by atoms with E-state index >= 15 is 0 Å². The minimum atomic E-state index is -0.542. The molecular weight excluding hydrogens is 196 g/mol. The Kier molecular flexibility index (Phi) is 5.93. The number of carbonyl (C=O) groups is 2. The van der Waals surface area contributed by atoms with E-state index in [0.29, 0.717) is 12.3 Å². The summed E-state index contributed by atoms with van der Waals surface area (Å²) in [4.78, 5) is 23.8. The predicted octanol–water partition coefficient (Wildman–Crippen LogP) is -0.00880. The van der Waals surface area contributed by atoms with E-state index in [4.69, 9.17) is 5.73 Å². The average molecular weight is 216 g/mol. The van der Waals surface area contributed by atoms with Crippen LogP contribution in [0.15, 0.2) is 0 Å². The normalized spacial score (nSPS) is 12.4. The first-order valence-electron chi connectivity index (χ1n) is 4.95. The fraction of sp³-hybridized carbons (Fsp3) is 0.800. The lowest BCUT2D eigenvalue weighted by molar-refractivity contribution is -0.146. The van der Waals surface area contributed by atoms with Gasteiger partial charge in [0.05, 0.1) is 13.2 Å². The summed E-state index contributed by atoms with van der Waals surface area (Å²) < 4.78 is 4.46. The Hall–Kier alpha value is -1.10. The van der Waals surface area contributed by atoms with Crippen molar-refractivity contribution in [3.05, 3.63) is 0 Å². The maximum Gasteiger partial charge on any atom is 0.325 e. The van der Waals surface area contributed by atoms with Gasteiger partial charge in [0.2, 0.25) is 5.91 Å². The van der Waals surface area contributed by atoms with E-state index in [1.165, 1.54) is 12.0 Å². The van der Waals surface area contributed by atoms with Crippen molar-refractivity contribution in [3.8, 4) is 0 Å². The fourth-order valence-electron chi connectivity index (χ4n) is 1.23. The van der Waals surface area contributed by atoms with Crippen LogP contribution in [-0.2, 0) is 14.3 Å². The van der Waals surface area contributed by atoms with Crippen molar-refractivity contribution < 1.29 is 14.3 Å². The van der Waals surface area contributed by atoms with Crippen LogP contribution in [0.2, 0.25) is 0 Å². The van der Waals surface area contributed by atoms with Crippen molar-refractivity contribution in [1.29, 1.82) is 0 Å². The second-order valence-corrected chi connectivity index (χ2v) is 4.01. The molecule has 0 aromatic carbocycles. The number of methoxy groups -OCH3 is 1. The van der Waals surface area contributed by atoms with Gasteiger partial charge in [-0.1, -0.05) is 13.8 Å². The number of hydrogen-bond donors (Lipinski definition) is 1. The zero-order valence-corrected chi connectivity index (χ0v) is 9.82. The highest BCUT2D eigenvalue weighted by molar-refractivity contribution is 5.85. The Morgan fingerprint density at radius 1 is 1.40 bits per heavy atom. The van der Waals surface area contributed by atoms with Gasteiger partial charge < -0.3 is 15.4 Å². The molecule has 1 atom stereocenters. The van der Waals surface area contributed by atoms with Crippen LogP contribution in [-0.4, -0.2) is 43.5 Å². The maximum absolute atomic E-state index is 11.6. The van der Waals surface area contributed by atoms with Crippen LogP contribution in [0, 0.1) is 5.92 Å². The van der Waals surface area contributed by atoms with Gasteiger partial charge in [-0.2, -0.15) is 0 Å². The lowest BCUT2D eigenvalue weighted by Gasteiger charge is -2.21. The molecule has 5 heteroatoms. The molecule has 0 bridgehead atoms. The van der Waals surface area contributed by atoms with Gasteiger partial charge in [-0.25, -0.2) is 0 Å². The molecule has 0 unspecified atom stereocenters. The van der Waals surface area contributed by atoms with Crippen LogP contribution in [0.4, 0.5) is 0 Å². The minimum Gasteiger partial charge on any atom is -0.468 e. The summed E-state index contributed by atoms with van der Waals surface area (Å²) in [5.74, 6) is -0.313. The molecule has 88 valence electrons. The van der Waals surface area contributed by atoms with E-state index < -0.39 is 12.0 Å². The molecule has 0 aliphatic carbocycles. The fourth-order valence-corrected chi connectivity index (χ4v) is 1.23. The quantitative estimate of drug-likeness (QED) is 0.656. The number of esters is 1. The molecule has 0 saturated heterocycles. The van der Waals surface area contributed by atoms with Crippen molar-refractivity contribution in [3.63, 3.8) is 0 Å². The predicted molar refractivity (Wildman–Crippen MR) is 57.1 cm³/mol. The first kappa shape index (κ1) is 13.9. The Balaban J connectivity index is 4.13. The van der Waals surface area contributed by atoms with Crippen LogP contribution in [0.3, 0.4) is 0 Å². The first-order valence-corrected chi connectivity index (χ1v) is 4.95. The third-order valence-electron chi connectivity index (χ3n) is 2.01. The van der Waals surface area contributed by atoms with E-state index in [-0.39, 0.29) is 12.5 Å². The van der Waals surface area contributed by atoms with Gasteiger partial charge in [0.1, 0.15) is 6.54 Å². The number of ether oxygens (including phenoxy) is 1. The Morgan fingerprint density at radius 2 is 1.93 bits per heavy atom. The summed E-state index contributed by atoms with van der Waals surface area (Å²) in [5.41, 5.74) is 5.69. The highest BCUT2D eigenvalue weighted by Gasteiger charge is 2.20. The van der Waals surface area contributed by atoms with Crippen LogP contribution < -0.4 is 5.73 Å². The molecule has 0 spiro atoms. The van der Waals surface area contributed by atoms with E-state index in [1.807, 2.05) is 13.8 Å². The molecule has 5 nitrogen and oxygen atoms in total. The van der Waals surface area contributed by atoms with Crippen LogP contribution in [0.25, 0.3) is 0 Å². The lowest BCUT2D eigenvalue weighted by atomic mass is 10.0. The molecule has 0 aromatic heterocycles. The van der Waals surface area contributed by atoms with E-state index in [0.717, 1.165) is 0 Å². The molecule has 0 rings (SSSR count). The van der Waals surface area contributed by atoms with E-state index in [1.54, 1.807) is 7.05 Å². The molecule has 0 aliphatic heterocycles. The zero-order valence-electron chi connectivity index (χ0n) is 9.82. The molecule has 0 aliphatic rings. The summed E-state index contributed by atoms with van der Waals surface area (Å²) in [6.45, 7) is 3.93. The van der Waals surface area contributed by atoms with Crippen molar-refractivity contribution in [2.45, 2.75) is 26.3 Å². The molecule has 2 N–H and O–H groups in total. The van der Waals surface area contributed by atoms with Crippen molar-refractivity contribution >= 4 is 11.9 Å². The summed E-state index contributed by atoms with van der Waals surface area (Å²) in [6, 6.07) is -0.542. The largest absolute Gasteiger partial charge is 0.468 e. The van der Waals surface area contributed by atoms with Crippen molar-refractivity contribution in [2.24, 2.45) is 11.7 Å². The van der Waals surface area contributed by atoms with Gasteiger partial charge in [0.25, 0.3) is 0 Å². The van der Waals surface area contributed by atoms with Crippen molar-refractivity contribution in [2.75, 3.05) is 20.7 Å². The Labute approximate surface area is 90.6 Å². The highest BCUT2D eigenvalue weighted by atomic mass is 16.5. The second-order valence-electron chi connectivity index (χ2n) is 4.01. The molecule has 0 fully saturated rings. The number of amides is 1. The van der Waals surface area contributed by atoms with Gasteiger partial charge in [0, 0.05) is 7.05 Å². The number of rotatable bonds is 5. The molecule has 1 amide bonds. The molecule has 0 saturated carbocycles. The average Bonchev–Trinajstić information content (AvgIpc) is 2.15. The molecular formula is C10H20N2O3. The monoisotopic (exact) mass is 216 g/mol. The van der Waals surface area contributed by atoms with E-state index in [9.17, 15) is 9.59 Å². The number of nitrogens with two attached hydrogens (primary N) is 1. The molecule has 15 heavy (non-hydrogen) atoms. The topological polar surface area (TPSA) is 72.6 Å². The smallest absolute Gasteiger partial charge is 0.325 e. The molecule has 0 radical (unpaired) electrons. The molecule has 0 aromatic rings. The SMILES string of the molecule is COC(=O)CN(C)C(=O)[C@H](N)CC(C)C. The standard InChI is InChI=1S/C10H20N2O3/c1-7(2)5-8(11)10(14)12(3)6-9(13)15-4/h7-8H,5-6,11H2,1-4H3/t8-/m1/s1. The summed E-state index contributed by atoms with van der Waals surface area (Å²) in [7, 11) is 2.83. The number of hydrogen-bond acceptors (Lipinski definition) is 4. The Morgan fingerprint density at radius 3 is 2.33 bits per heavy atom.